The molecule has 21 heavy (non-hydrogen) atoms. The van der Waals surface area contributed by atoms with Crippen LogP contribution in [0.1, 0.15) is 63.6 Å². The van der Waals surface area contributed by atoms with Crippen molar-refractivity contribution < 1.29 is 0 Å². The average Bonchev–Trinajstić information content (AvgIpc) is 2.82. The monoisotopic (exact) mass is 284 g/mol. The highest BCUT2D eigenvalue weighted by Gasteiger charge is 2.35. The Morgan fingerprint density at radius 3 is 2.81 bits per heavy atom. The van der Waals surface area contributed by atoms with Crippen LogP contribution in [0.2, 0.25) is 0 Å². The van der Waals surface area contributed by atoms with E-state index < -0.39 is 0 Å². The molecule has 3 rings (SSSR count). The number of hydrogen-bond acceptors (Lipinski definition) is 1. The molecule has 2 nitrogen and oxygen atoms in total. The van der Waals surface area contributed by atoms with Crippen LogP contribution in [-0.4, -0.2) is 10.5 Å². The maximum absolute atomic E-state index is 6.42. The maximum Gasteiger partial charge on any atom is 0.0459 e. The van der Waals surface area contributed by atoms with Crippen LogP contribution < -0.4 is 5.73 Å². The van der Waals surface area contributed by atoms with Crippen molar-refractivity contribution in [2.45, 2.75) is 64.3 Å². The molecule has 1 aliphatic rings. The number of hydrogen-bond donors (Lipinski definition) is 2. The van der Waals surface area contributed by atoms with Gasteiger partial charge < -0.3 is 10.7 Å². The fourth-order valence-corrected chi connectivity index (χ4v) is 3.90. The second-order valence-electron chi connectivity index (χ2n) is 7.19. The van der Waals surface area contributed by atoms with Gasteiger partial charge in [0.2, 0.25) is 0 Å². The largest absolute Gasteiger partial charge is 0.358 e. The highest BCUT2D eigenvalue weighted by atomic mass is 14.8. The number of nitrogens with two attached hydrogens (primary N) is 1. The van der Waals surface area contributed by atoms with Gasteiger partial charge in [-0.25, -0.2) is 0 Å². The zero-order valence-electron chi connectivity index (χ0n) is 13.6. The minimum atomic E-state index is 0.00738. The summed E-state index contributed by atoms with van der Waals surface area (Å²) in [6.45, 7) is 6.80. The first-order valence-electron chi connectivity index (χ1n) is 8.41. The summed E-state index contributed by atoms with van der Waals surface area (Å²) in [7, 11) is 0. The number of para-hydroxylation sites is 1. The molecule has 0 radical (unpaired) electrons. The van der Waals surface area contributed by atoms with E-state index in [1.54, 1.807) is 5.56 Å². The van der Waals surface area contributed by atoms with Crippen molar-refractivity contribution >= 4 is 10.9 Å². The second-order valence-corrected chi connectivity index (χ2v) is 7.19. The normalized spacial score (nSPS) is 29.9. The molecule has 1 heterocycles. The van der Waals surface area contributed by atoms with Gasteiger partial charge in [-0.05, 0) is 56.1 Å². The summed E-state index contributed by atoms with van der Waals surface area (Å²) in [5.41, 5.74) is 10.8. The first-order chi connectivity index (χ1) is 10.0. The van der Waals surface area contributed by atoms with Crippen molar-refractivity contribution in [1.82, 2.24) is 4.98 Å². The van der Waals surface area contributed by atoms with E-state index in [1.807, 2.05) is 0 Å². The molecule has 1 saturated carbocycles. The van der Waals surface area contributed by atoms with Gasteiger partial charge in [-0.15, -0.1) is 0 Å². The van der Waals surface area contributed by atoms with Crippen LogP contribution >= 0.6 is 0 Å². The Kier molecular flexibility index (Phi) is 3.83. The third-order valence-corrected chi connectivity index (χ3v) is 5.55. The lowest BCUT2D eigenvalue weighted by atomic mass is 9.70. The van der Waals surface area contributed by atoms with Crippen molar-refractivity contribution in [3.63, 3.8) is 0 Å². The average molecular weight is 284 g/mol. The quantitative estimate of drug-likeness (QED) is 0.839. The molecule has 1 aromatic heterocycles. The smallest absolute Gasteiger partial charge is 0.0459 e. The minimum absolute atomic E-state index is 0.00738. The standard InChI is InChI=1S/C19H28N2/c1-4-7-16-15-8-5-6-9-17(15)21-18(16)14-10-11-19(3,20)13(2)12-14/h5-6,8-9,13-14,21H,4,7,10-12,20H2,1-3H3. The number of nitrogens with one attached hydrogen (secondary N) is 1. The van der Waals surface area contributed by atoms with E-state index in [2.05, 4.69) is 50.0 Å². The SMILES string of the molecule is CCCc1c(C2CCC(C)(N)C(C)C2)[nH]c2ccccc12. The predicted molar refractivity (Wildman–Crippen MR) is 90.6 cm³/mol. The van der Waals surface area contributed by atoms with Gasteiger partial charge in [0.25, 0.3) is 0 Å². The Bertz CT molecular complexity index is 624. The molecule has 114 valence electrons. The molecular formula is C19H28N2. The lowest BCUT2D eigenvalue weighted by molar-refractivity contribution is 0.203. The molecule has 1 fully saturated rings. The molecule has 1 aromatic carbocycles. The van der Waals surface area contributed by atoms with Gasteiger partial charge in [-0.3, -0.25) is 0 Å². The van der Waals surface area contributed by atoms with Crippen LogP contribution in [0.25, 0.3) is 10.9 Å². The van der Waals surface area contributed by atoms with Crippen LogP contribution in [-0.2, 0) is 6.42 Å². The maximum atomic E-state index is 6.42. The molecule has 2 heteroatoms. The van der Waals surface area contributed by atoms with Crippen molar-refractivity contribution in [1.29, 1.82) is 0 Å². The number of rotatable bonds is 3. The fourth-order valence-electron chi connectivity index (χ4n) is 3.90. The highest BCUT2D eigenvalue weighted by Crippen LogP contribution is 2.42. The van der Waals surface area contributed by atoms with Gasteiger partial charge in [0.1, 0.15) is 0 Å². The zero-order chi connectivity index (χ0) is 15.0. The number of benzene rings is 1. The second kappa shape index (κ2) is 5.49. The van der Waals surface area contributed by atoms with Crippen LogP contribution in [0.4, 0.5) is 0 Å². The van der Waals surface area contributed by atoms with Gasteiger partial charge in [-0.1, -0.05) is 38.5 Å². The van der Waals surface area contributed by atoms with E-state index >= 15 is 0 Å². The molecule has 0 amide bonds. The van der Waals surface area contributed by atoms with E-state index in [1.165, 1.54) is 42.3 Å². The van der Waals surface area contributed by atoms with Crippen molar-refractivity contribution in [3.8, 4) is 0 Å². The zero-order valence-corrected chi connectivity index (χ0v) is 13.6. The number of aryl methyl sites for hydroxylation is 1. The Hall–Kier alpha value is -1.28. The van der Waals surface area contributed by atoms with Crippen molar-refractivity contribution in [2.24, 2.45) is 11.7 Å². The fraction of sp³-hybridized carbons (Fsp3) is 0.579. The number of H-pyrrole nitrogens is 1. The molecule has 3 atom stereocenters. The van der Waals surface area contributed by atoms with Crippen LogP contribution in [0.15, 0.2) is 24.3 Å². The Balaban J connectivity index is 1.98. The lowest BCUT2D eigenvalue weighted by Crippen LogP contribution is -2.46. The third kappa shape index (κ3) is 2.62. The van der Waals surface area contributed by atoms with Gasteiger partial charge in [0, 0.05) is 22.1 Å². The molecule has 1 aliphatic carbocycles. The van der Waals surface area contributed by atoms with Gasteiger partial charge in [-0.2, -0.15) is 0 Å². The van der Waals surface area contributed by atoms with Gasteiger partial charge in [0.05, 0.1) is 0 Å². The predicted octanol–water partition coefficient (Wildman–Crippen LogP) is 4.74. The molecular weight excluding hydrogens is 256 g/mol. The molecule has 3 N–H and O–H groups in total. The van der Waals surface area contributed by atoms with Crippen LogP contribution in [0.5, 0.6) is 0 Å². The summed E-state index contributed by atoms with van der Waals surface area (Å²) in [4.78, 5) is 3.73. The molecule has 0 spiro atoms. The first kappa shape index (κ1) is 14.6. The van der Waals surface area contributed by atoms with E-state index in [9.17, 15) is 0 Å². The van der Waals surface area contributed by atoms with E-state index in [0.717, 1.165) is 6.42 Å². The van der Waals surface area contributed by atoms with Gasteiger partial charge in [0.15, 0.2) is 0 Å². The number of aromatic amines is 1. The van der Waals surface area contributed by atoms with Crippen molar-refractivity contribution in [2.75, 3.05) is 0 Å². The summed E-state index contributed by atoms with van der Waals surface area (Å²) >= 11 is 0. The summed E-state index contributed by atoms with van der Waals surface area (Å²) in [6.07, 6.45) is 5.91. The van der Waals surface area contributed by atoms with Crippen LogP contribution in [0, 0.1) is 5.92 Å². The van der Waals surface area contributed by atoms with Crippen molar-refractivity contribution in [3.05, 3.63) is 35.5 Å². The van der Waals surface area contributed by atoms with Crippen LogP contribution in [0.3, 0.4) is 0 Å². The Labute approximate surface area is 128 Å². The Morgan fingerprint density at radius 2 is 2.10 bits per heavy atom. The number of aromatic nitrogens is 1. The molecule has 0 aliphatic heterocycles. The number of fused-ring (bicyclic) bond motifs is 1. The highest BCUT2D eigenvalue weighted by molar-refractivity contribution is 5.84. The molecule has 0 bridgehead atoms. The topological polar surface area (TPSA) is 41.8 Å². The van der Waals surface area contributed by atoms with E-state index in [4.69, 9.17) is 5.73 Å². The summed E-state index contributed by atoms with van der Waals surface area (Å²) in [6, 6.07) is 8.75. The Morgan fingerprint density at radius 1 is 1.33 bits per heavy atom. The third-order valence-electron chi connectivity index (χ3n) is 5.55. The molecule has 0 saturated heterocycles. The summed E-state index contributed by atoms with van der Waals surface area (Å²) in [5, 5.41) is 1.42. The van der Waals surface area contributed by atoms with E-state index in [-0.39, 0.29) is 5.54 Å². The molecule has 3 unspecified atom stereocenters. The summed E-state index contributed by atoms with van der Waals surface area (Å²) in [5.74, 6) is 1.22. The first-order valence-corrected chi connectivity index (χ1v) is 8.41. The lowest BCUT2D eigenvalue weighted by Gasteiger charge is -2.40. The summed E-state index contributed by atoms with van der Waals surface area (Å²) < 4.78 is 0. The van der Waals surface area contributed by atoms with E-state index in [0.29, 0.717) is 11.8 Å². The minimum Gasteiger partial charge on any atom is -0.358 e. The van der Waals surface area contributed by atoms with Gasteiger partial charge >= 0.3 is 0 Å². The molecule has 2 aromatic rings.